The zero-order valence-electron chi connectivity index (χ0n) is 20.7. The number of aliphatic hydroxyl groups excluding tert-OH is 1. The molecule has 0 aliphatic rings. The van der Waals surface area contributed by atoms with Gasteiger partial charge in [0.15, 0.2) is 5.78 Å². The summed E-state index contributed by atoms with van der Waals surface area (Å²) in [6.07, 6.45) is 3.98. The number of ether oxygens (including phenoxy) is 1. The van der Waals surface area contributed by atoms with Gasteiger partial charge in [-0.15, -0.1) is 0 Å². The molecule has 0 bridgehead atoms. The molecule has 200 valence electrons. The van der Waals surface area contributed by atoms with Crippen molar-refractivity contribution in [3.8, 4) is 0 Å². The number of amides is 1. The number of carbonyl (C=O) groups is 2. The molecule has 0 unspecified atom stereocenters. The van der Waals surface area contributed by atoms with Crippen molar-refractivity contribution < 1.29 is 28.8 Å². The van der Waals surface area contributed by atoms with Gasteiger partial charge in [-0.2, -0.15) is 0 Å². The van der Waals surface area contributed by atoms with E-state index in [1.807, 2.05) is 30.3 Å². The molecule has 11 heteroatoms. The van der Waals surface area contributed by atoms with E-state index in [0.29, 0.717) is 12.1 Å². The van der Waals surface area contributed by atoms with Gasteiger partial charge < -0.3 is 24.1 Å². The van der Waals surface area contributed by atoms with Gasteiger partial charge >= 0.3 is 5.88 Å². The maximum Gasteiger partial charge on any atom is 0.433 e. The molecule has 0 saturated heterocycles. The van der Waals surface area contributed by atoms with Crippen molar-refractivity contribution in [1.82, 2.24) is 9.88 Å². The summed E-state index contributed by atoms with van der Waals surface area (Å²) >= 11 is 0. The molecule has 2 N–H and O–H groups in total. The highest BCUT2D eigenvalue weighted by Gasteiger charge is 2.17. The number of furan rings is 1. The molecular formula is C28H25N3O8. The van der Waals surface area contributed by atoms with Crippen LogP contribution in [-0.2, 0) is 11.3 Å². The Bertz CT molecular complexity index is 1590. The molecular weight excluding hydrogens is 506 g/mol. The highest BCUT2D eigenvalue weighted by atomic mass is 16.6. The van der Waals surface area contributed by atoms with Crippen LogP contribution < -0.4 is 10.7 Å². The number of aliphatic hydroxyl groups is 1. The van der Waals surface area contributed by atoms with Crippen LogP contribution >= 0.6 is 0 Å². The van der Waals surface area contributed by atoms with Crippen molar-refractivity contribution in [2.75, 3.05) is 26.4 Å². The second kappa shape index (κ2) is 12.6. The Morgan fingerprint density at radius 3 is 2.62 bits per heavy atom. The third-order valence-corrected chi connectivity index (χ3v) is 5.76. The van der Waals surface area contributed by atoms with E-state index in [-0.39, 0.29) is 48.6 Å². The summed E-state index contributed by atoms with van der Waals surface area (Å²) in [4.78, 5) is 49.3. The third kappa shape index (κ3) is 6.72. The minimum atomic E-state index is -0.682. The van der Waals surface area contributed by atoms with Crippen LogP contribution in [0, 0.1) is 10.1 Å². The number of carbonyl (C=O) groups excluding carboxylic acids is 2. The van der Waals surface area contributed by atoms with E-state index in [2.05, 4.69) is 5.32 Å². The van der Waals surface area contributed by atoms with E-state index in [0.717, 1.165) is 5.56 Å². The summed E-state index contributed by atoms with van der Waals surface area (Å²) in [7, 11) is 0. The second-order valence-corrected chi connectivity index (χ2v) is 8.44. The highest BCUT2D eigenvalue weighted by molar-refractivity contribution is 6.08. The van der Waals surface area contributed by atoms with Gasteiger partial charge in [-0.3, -0.25) is 24.5 Å². The van der Waals surface area contributed by atoms with Crippen molar-refractivity contribution in [3.05, 3.63) is 116 Å². The standard InChI is InChI=1S/C28H25N3O8/c32-13-15-38-14-12-29-28(35)23-18-30(17-19-4-2-1-3-5-19)24-9-6-20(16-22(24)27(23)34)25(33)10-7-21-8-11-26(39-21)31(36)37/h1-11,16,18,32H,12-15,17H2,(H,29,35)/b10-7+. The normalized spacial score (nSPS) is 11.2. The molecule has 4 aromatic rings. The molecule has 0 aliphatic heterocycles. The van der Waals surface area contributed by atoms with Crippen LogP contribution in [0.3, 0.4) is 0 Å². The number of nitrogens with one attached hydrogen (secondary N) is 1. The molecule has 2 aromatic heterocycles. The van der Waals surface area contributed by atoms with Crippen LogP contribution in [0.2, 0.25) is 0 Å². The number of hydrogen-bond donors (Lipinski definition) is 2. The van der Waals surface area contributed by atoms with Gasteiger partial charge in [0.1, 0.15) is 16.2 Å². The predicted molar refractivity (Wildman–Crippen MR) is 143 cm³/mol. The van der Waals surface area contributed by atoms with E-state index in [1.165, 1.54) is 36.5 Å². The van der Waals surface area contributed by atoms with Gasteiger partial charge in [0, 0.05) is 30.2 Å². The van der Waals surface area contributed by atoms with E-state index in [9.17, 15) is 24.5 Å². The first-order valence-corrected chi connectivity index (χ1v) is 12.0. The molecule has 2 aromatic carbocycles. The summed E-state index contributed by atoms with van der Waals surface area (Å²) < 4.78 is 12.0. The number of allylic oxidation sites excluding steroid dienone is 1. The van der Waals surface area contributed by atoms with Gasteiger partial charge in [0.05, 0.1) is 31.4 Å². The van der Waals surface area contributed by atoms with Crippen molar-refractivity contribution in [3.63, 3.8) is 0 Å². The second-order valence-electron chi connectivity index (χ2n) is 8.44. The first kappa shape index (κ1) is 27.2. The summed E-state index contributed by atoms with van der Waals surface area (Å²) in [6, 6.07) is 16.7. The quantitative estimate of drug-likeness (QED) is 0.0929. The number of benzene rings is 2. The first-order valence-electron chi connectivity index (χ1n) is 12.0. The molecule has 39 heavy (non-hydrogen) atoms. The Balaban J connectivity index is 1.67. The molecule has 11 nitrogen and oxygen atoms in total. The number of rotatable bonds is 12. The van der Waals surface area contributed by atoms with Crippen molar-refractivity contribution in [1.29, 1.82) is 0 Å². The van der Waals surface area contributed by atoms with Gasteiger partial charge in [0.2, 0.25) is 5.43 Å². The van der Waals surface area contributed by atoms with Gasteiger partial charge in [-0.25, -0.2) is 0 Å². The largest absolute Gasteiger partial charge is 0.433 e. The molecule has 1 amide bonds. The van der Waals surface area contributed by atoms with E-state index in [4.69, 9.17) is 14.3 Å². The minimum absolute atomic E-state index is 0.0939. The molecule has 0 atom stereocenters. The molecule has 0 spiro atoms. The minimum Gasteiger partial charge on any atom is -0.401 e. The summed E-state index contributed by atoms with van der Waals surface area (Å²) in [5.41, 5.74) is 1.04. The lowest BCUT2D eigenvalue weighted by Gasteiger charge is -2.14. The van der Waals surface area contributed by atoms with Crippen molar-refractivity contribution >= 4 is 34.6 Å². The fraction of sp³-hybridized carbons (Fsp3) is 0.179. The fourth-order valence-corrected chi connectivity index (χ4v) is 3.91. The Kier molecular flexibility index (Phi) is 8.77. The summed E-state index contributed by atoms with van der Waals surface area (Å²) in [5, 5.41) is 22.4. The van der Waals surface area contributed by atoms with Gasteiger partial charge in [-0.05, 0) is 42.0 Å². The number of pyridine rings is 1. The molecule has 0 aliphatic carbocycles. The Labute approximate surface area is 222 Å². The third-order valence-electron chi connectivity index (χ3n) is 5.76. The first-order chi connectivity index (χ1) is 18.9. The van der Waals surface area contributed by atoms with Crippen LogP contribution in [0.5, 0.6) is 0 Å². The average molecular weight is 532 g/mol. The monoisotopic (exact) mass is 531 g/mol. The number of hydrogen-bond acceptors (Lipinski definition) is 8. The topological polar surface area (TPSA) is 154 Å². The van der Waals surface area contributed by atoms with Crippen LogP contribution in [0.1, 0.15) is 32.0 Å². The van der Waals surface area contributed by atoms with E-state index >= 15 is 0 Å². The van der Waals surface area contributed by atoms with E-state index in [1.54, 1.807) is 16.7 Å². The Morgan fingerprint density at radius 1 is 1.10 bits per heavy atom. The molecule has 4 rings (SSSR count). The number of aromatic nitrogens is 1. The zero-order chi connectivity index (χ0) is 27.8. The summed E-state index contributed by atoms with van der Waals surface area (Å²) in [5.74, 6) is -1.37. The van der Waals surface area contributed by atoms with Crippen LogP contribution in [0.4, 0.5) is 5.88 Å². The fourth-order valence-electron chi connectivity index (χ4n) is 3.91. The van der Waals surface area contributed by atoms with Gasteiger partial charge in [0.25, 0.3) is 5.91 Å². The number of nitrogens with zero attached hydrogens (tertiary/aromatic N) is 2. The van der Waals surface area contributed by atoms with Crippen molar-refractivity contribution in [2.45, 2.75) is 6.54 Å². The lowest BCUT2D eigenvalue weighted by atomic mass is 10.0. The van der Waals surface area contributed by atoms with E-state index < -0.39 is 27.9 Å². The smallest absolute Gasteiger partial charge is 0.401 e. The van der Waals surface area contributed by atoms with Crippen LogP contribution in [-0.4, -0.2) is 52.7 Å². The Hall–Kier alpha value is -4.87. The average Bonchev–Trinajstić information content (AvgIpc) is 3.43. The molecule has 0 fully saturated rings. The maximum atomic E-state index is 13.4. The predicted octanol–water partition coefficient (Wildman–Crippen LogP) is 3.19. The van der Waals surface area contributed by atoms with Crippen molar-refractivity contribution in [2.24, 2.45) is 0 Å². The lowest BCUT2D eigenvalue weighted by Crippen LogP contribution is -2.32. The highest BCUT2D eigenvalue weighted by Crippen LogP contribution is 2.19. The molecule has 2 heterocycles. The Morgan fingerprint density at radius 2 is 1.90 bits per heavy atom. The SMILES string of the molecule is O=C(/C=C/c1ccc([N+](=O)[O-])o1)c1ccc2c(c1)c(=O)c(C(=O)NCCOCCO)cn2Cc1ccccc1. The van der Waals surface area contributed by atoms with Crippen LogP contribution in [0.15, 0.2) is 82.1 Å². The number of ketones is 1. The molecule has 0 radical (unpaired) electrons. The lowest BCUT2D eigenvalue weighted by molar-refractivity contribution is -0.402. The molecule has 0 saturated carbocycles. The van der Waals surface area contributed by atoms with Gasteiger partial charge in [-0.1, -0.05) is 30.3 Å². The summed E-state index contributed by atoms with van der Waals surface area (Å²) in [6.45, 7) is 0.686. The number of nitro groups is 1. The van der Waals surface area contributed by atoms with Crippen LogP contribution in [0.25, 0.3) is 17.0 Å². The maximum absolute atomic E-state index is 13.4. The zero-order valence-corrected chi connectivity index (χ0v) is 20.7. The number of fused-ring (bicyclic) bond motifs is 1.